The van der Waals surface area contributed by atoms with E-state index in [0.717, 1.165) is 0 Å². The van der Waals surface area contributed by atoms with Crippen molar-refractivity contribution in [3.63, 3.8) is 0 Å². The number of alkyl halides is 3. The fourth-order valence-corrected chi connectivity index (χ4v) is 0.949. The van der Waals surface area contributed by atoms with E-state index in [1.54, 1.807) is 23.1 Å². The topological polar surface area (TPSA) is 27.1 Å². The SMILES string of the molecule is FC(F)(F)COCCCn1cccn1. The van der Waals surface area contributed by atoms with Crippen LogP contribution in [0.2, 0.25) is 0 Å². The van der Waals surface area contributed by atoms with Gasteiger partial charge in [-0.2, -0.15) is 18.3 Å². The zero-order valence-corrected chi connectivity index (χ0v) is 7.50. The van der Waals surface area contributed by atoms with Gasteiger partial charge < -0.3 is 4.74 Å². The molecule has 0 aromatic carbocycles. The molecule has 0 unspecified atom stereocenters. The Labute approximate surface area is 79.5 Å². The van der Waals surface area contributed by atoms with Crippen molar-refractivity contribution in [1.82, 2.24) is 9.78 Å². The van der Waals surface area contributed by atoms with Crippen molar-refractivity contribution in [2.24, 2.45) is 0 Å². The van der Waals surface area contributed by atoms with Crippen LogP contribution in [0.5, 0.6) is 0 Å². The number of aryl methyl sites for hydroxylation is 1. The number of aromatic nitrogens is 2. The maximum atomic E-state index is 11.6. The standard InChI is InChI=1S/C8H11F3N2O/c9-8(10,11)7-14-6-2-5-13-4-1-3-12-13/h1,3-4H,2,5-7H2. The lowest BCUT2D eigenvalue weighted by Gasteiger charge is -2.07. The molecule has 1 aromatic rings. The monoisotopic (exact) mass is 208 g/mol. The molecular formula is C8H11F3N2O. The number of hydrogen-bond acceptors (Lipinski definition) is 2. The van der Waals surface area contributed by atoms with E-state index in [9.17, 15) is 13.2 Å². The highest BCUT2D eigenvalue weighted by atomic mass is 19.4. The fourth-order valence-electron chi connectivity index (χ4n) is 0.949. The van der Waals surface area contributed by atoms with Crippen LogP contribution < -0.4 is 0 Å². The highest BCUT2D eigenvalue weighted by Crippen LogP contribution is 2.14. The number of nitrogens with zero attached hydrogens (tertiary/aromatic N) is 2. The molecule has 1 rings (SSSR count). The quantitative estimate of drug-likeness (QED) is 0.690. The van der Waals surface area contributed by atoms with Gasteiger partial charge in [-0.05, 0) is 12.5 Å². The van der Waals surface area contributed by atoms with E-state index < -0.39 is 12.8 Å². The normalized spacial score (nSPS) is 11.9. The van der Waals surface area contributed by atoms with Gasteiger partial charge in [-0.15, -0.1) is 0 Å². The molecule has 0 N–H and O–H groups in total. The summed E-state index contributed by atoms with van der Waals surface area (Å²) in [6, 6.07) is 1.76. The molecule has 80 valence electrons. The third-order valence-corrected chi connectivity index (χ3v) is 1.50. The van der Waals surface area contributed by atoms with Crippen molar-refractivity contribution in [2.45, 2.75) is 19.1 Å². The van der Waals surface area contributed by atoms with E-state index in [0.29, 0.717) is 13.0 Å². The molecule has 0 spiro atoms. The summed E-state index contributed by atoms with van der Waals surface area (Å²) < 4.78 is 40.9. The first-order chi connectivity index (χ1) is 6.58. The van der Waals surface area contributed by atoms with Crippen LogP contribution in [0, 0.1) is 0 Å². The first-order valence-electron chi connectivity index (χ1n) is 4.20. The molecule has 0 atom stereocenters. The Bertz CT molecular complexity index is 246. The van der Waals surface area contributed by atoms with Crippen LogP contribution in [0.15, 0.2) is 18.5 Å². The van der Waals surface area contributed by atoms with Gasteiger partial charge in [-0.1, -0.05) is 0 Å². The summed E-state index contributed by atoms with van der Waals surface area (Å²) in [5.41, 5.74) is 0. The van der Waals surface area contributed by atoms with E-state index in [1.165, 1.54) is 0 Å². The molecule has 0 aliphatic rings. The van der Waals surface area contributed by atoms with E-state index in [4.69, 9.17) is 0 Å². The van der Waals surface area contributed by atoms with Crippen LogP contribution in [0.1, 0.15) is 6.42 Å². The predicted molar refractivity (Wildman–Crippen MR) is 43.7 cm³/mol. The summed E-state index contributed by atoms with van der Waals surface area (Å²) in [5, 5.41) is 3.90. The summed E-state index contributed by atoms with van der Waals surface area (Å²) >= 11 is 0. The Hall–Kier alpha value is -1.04. The average molecular weight is 208 g/mol. The van der Waals surface area contributed by atoms with Gasteiger partial charge in [-0.3, -0.25) is 4.68 Å². The van der Waals surface area contributed by atoms with E-state index in [2.05, 4.69) is 9.84 Å². The molecule has 0 radical (unpaired) electrons. The molecule has 0 amide bonds. The van der Waals surface area contributed by atoms with Crippen LogP contribution in [-0.2, 0) is 11.3 Å². The second-order valence-electron chi connectivity index (χ2n) is 2.79. The lowest BCUT2D eigenvalue weighted by molar-refractivity contribution is -0.174. The number of hydrogen-bond donors (Lipinski definition) is 0. The first-order valence-corrected chi connectivity index (χ1v) is 4.20. The van der Waals surface area contributed by atoms with Gasteiger partial charge >= 0.3 is 6.18 Å². The summed E-state index contributed by atoms with van der Waals surface area (Å²) in [6.45, 7) is -0.504. The summed E-state index contributed by atoms with van der Waals surface area (Å²) in [5.74, 6) is 0. The molecule has 14 heavy (non-hydrogen) atoms. The Morgan fingerprint density at radius 1 is 1.36 bits per heavy atom. The number of halogens is 3. The second kappa shape index (κ2) is 4.99. The summed E-state index contributed by atoms with van der Waals surface area (Å²) in [7, 11) is 0. The van der Waals surface area contributed by atoms with Gasteiger partial charge in [0.25, 0.3) is 0 Å². The highest BCUT2D eigenvalue weighted by Gasteiger charge is 2.27. The molecule has 6 heteroatoms. The Kier molecular flexibility index (Phi) is 3.94. The maximum Gasteiger partial charge on any atom is 0.411 e. The van der Waals surface area contributed by atoms with E-state index in [-0.39, 0.29) is 6.61 Å². The first kappa shape index (κ1) is 11.0. The van der Waals surface area contributed by atoms with Crippen LogP contribution in [0.4, 0.5) is 13.2 Å². The zero-order valence-electron chi connectivity index (χ0n) is 7.50. The van der Waals surface area contributed by atoms with Gasteiger partial charge in [0.05, 0.1) is 0 Å². The van der Waals surface area contributed by atoms with Crippen molar-refractivity contribution in [2.75, 3.05) is 13.2 Å². The van der Waals surface area contributed by atoms with Crippen molar-refractivity contribution in [3.8, 4) is 0 Å². The fraction of sp³-hybridized carbons (Fsp3) is 0.625. The lowest BCUT2D eigenvalue weighted by atomic mass is 10.4. The van der Waals surface area contributed by atoms with Crippen molar-refractivity contribution in [3.05, 3.63) is 18.5 Å². The molecule has 0 bridgehead atoms. The van der Waals surface area contributed by atoms with Crippen LogP contribution in [-0.4, -0.2) is 29.2 Å². The number of rotatable bonds is 5. The molecule has 0 saturated heterocycles. The average Bonchev–Trinajstić information content (AvgIpc) is 2.54. The molecule has 0 aliphatic heterocycles. The van der Waals surface area contributed by atoms with E-state index >= 15 is 0 Å². The van der Waals surface area contributed by atoms with Crippen LogP contribution in [0.25, 0.3) is 0 Å². The van der Waals surface area contributed by atoms with E-state index in [1.807, 2.05) is 0 Å². The molecule has 0 saturated carbocycles. The van der Waals surface area contributed by atoms with Gasteiger partial charge in [0.2, 0.25) is 0 Å². The van der Waals surface area contributed by atoms with Crippen molar-refractivity contribution >= 4 is 0 Å². The third kappa shape index (κ3) is 4.86. The van der Waals surface area contributed by atoms with Gasteiger partial charge in [-0.25, -0.2) is 0 Å². The smallest absolute Gasteiger partial charge is 0.372 e. The zero-order chi connectivity index (χ0) is 10.4. The van der Waals surface area contributed by atoms with Crippen molar-refractivity contribution < 1.29 is 17.9 Å². The Morgan fingerprint density at radius 3 is 2.71 bits per heavy atom. The molecular weight excluding hydrogens is 197 g/mol. The molecule has 1 aromatic heterocycles. The predicted octanol–water partition coefficient (Wildman–Crippen LogP) is 1.85. The molecule has 0 fully saturated rings. The van der Waals surface area contributed by atoms with Crippen LogP contribution >= 0.6 is 0 Å². The van der Waals surface area contributed by atoms with Crippen molar-refractivity contribution in [1.29, 1.82) is 0 Å². The summed E-state index contributed by atoms with van der Waals surface area (Å²) in [6.07, 6.45) is -0.330. The van der Waals surface area contributed by atoms with Gasteiger partial charge in [0, 0.05) is 25.5 Å². The molecule has 0 aliphatic carbocycles. The minimum atomic E-state index is -4.23. The Balaban J connectivity index is 2.00. The lowest BCUT2D eigenvalue weighted by Crippen LogP contribution is -2.17. The molecule has 1 heterocycles. The maximum absolute atomic E-state index is 11.6. The Morgan fingerprint density at radius 2 is 2.14 bits per heavy atom. The van der Waals surface area contributed by atoms with Gasteiger partial charge in [0.1, 0.15) is 6.61 Å². The second-order valence-corrected chi connectivity index (χ2v) is 2.79. The van der Waals surface area contributed by atoms with Gasteiger partial charge in [0.15, 0.2) is 0 Å². The highest BCUT2D eigenvalue weighted by molar-refractivity contribution is 4.77. The van der Waals surface area contributed by atoms with Crippen LogP contribution in [0.3, 0.4) is 0 Å². The minimum Gasteiger partial charge on any atom is -0.372 e. The minimum absolute atomic E-state index is 0.0966. The third-order valence-electron chi connectivity index (χ3n) is 1.50. The number of ether oxygens (including phenoxy) is 1. The summed E-state index contributed by atoms with van der Waals surface area (Å²) in [4.78, 5) is 0. The largest absolute Gasteiger partial charge is 0.411 e. The molecule has 3 nitrogen and oxygen atoms in total.